The van der Waals surface area contributed by atoms with E-state index in [1.807, 2.05) is 12.4 Å². The number of phenols is 1. The SMILES string of the molecule is Cc1cc(C(F)(F)F)cc(O)c1-c1ccc2c(n1)=N/[N+](=C/C1CN[C@H](C)C1)C=2. The van der Waals surface area contributed by atoms with Gasteiger partial charge < -0.3 is 10.4 Å². The molecule has 1 fully saturated rings. The summed E-state index contributed by atoms with van der Waals surface area (Å²) in [6.07, 6.45) is 0.431. The maximum Gasteiger partial charge on any atom is 0.416 e. The molecule has 1 saturated heterocycles. The topological polar surface area (TPSA) is 60.5 Å². The maximum absolute atomic E-state index is 12.9. The van der Waals surface area contributed by atoms with Gasteiger partial charge in [0.2, 0.25) is 11.7 Å². The van der Waals surface area contributed by atoms with Crippen molar-refractivity contribution in [2.45, 2.75) is 32.5 Å². The fourth-order valence-electron chi connectivity index (χ4n) is 3.70. The summed E-state index contributed by atoms with van der Waals surface area (Å²) in [6, 6.07) is 5.71. The number of benzene rings is 1. The molecule has 0 spiro atoms. The number of hydrogen-bond acceptors (Lipinski definition) is 4. The summed E-state index contributed by atoms with van der Waals surface area (Å²) in [5, 5.41) is 18.9. The number of hydrogen-bond donors (Lipinski definition) is 2. The molecule has 0 aliphatic carbocycles. The molecule has 8 heteroatoms. The van der Waals surface area contributed by atoms with Crippen molar-refractivity contribution in [2.75, 3.05) is 6.54 Å². The summed E-state index contributed by atoms with van der Waals surface area (Å²) >= 11 is 0. The summed E-state index contributed by atoms with van der Waals surface area (Å²) < 4.78 is 40.6. The lowest BCUT2D eigenvalue weighted by Gasteiger charge is -2.12. The molecule has 2 aliphatic heterocycles. The number of aromatic nitrogens is 1. The summed E-state index contributed by atoms with van der Waals surface area (Å²) in [4.78, 5) is 4.46. The molecule has 0 radical (unpaired) electrons. The first-order chi connectivity index (χ1) is 13.2. The van der Waals surface area contributed by atoms with Crippen molar-refractivity contribution in [3.63, 3.8) is 0 Å². The van der Waals surface area contributed by atoms with Gasteiger partial charge in [-0.25, -0.2) is 4.98 Å². The van der Waals surface area contributed by atoms with E-state index in [4.69, 9.17) is 0 Å². The predicted molar refractivity (Wildman–Crippen MR) is 98.2 cm³/mol. The highest BCUT2D eigenvalue weighted by molar-refractivity contribution is 5.71. The minimum absolute atomic E-state index is 0.280. The quantitative estimate of drug-likeness (QED) is 0.774. The highest BCUT2D eigenvalue weighted by atomic mass is 19.4. The Kier molecular flexibility index (Phi) is 4.45. The standard InChI is InChI=1S/C20H19F3N4O/c1-11-5-15(20(21,22)23)7-17(28)18(11)16-4-3-14-10-27(26-19(14)25-16)9-13-6-12(2)24-8-13/h3-5,7,9-10,12-13,24H,6,8H2,1-2H3/p+1/b27-9+/t12-,13?/m1/s1. The van der Waals surface area contributed by atoms with Crippen LogP contribution in [0, 0.1) is 12.8 Å². The zero-order valence-electron chi connectivity index (χ0n) is 15.5. The Morgan fingerprint density at radius 1 is 1.29 bits per heavy atom. The van der Waals surface area contributed by atoms with Gasteiger partial charge in [0.1, 0.15) is 5.75 Å². The second-order valence-corrected chi connectivity index (χ2v) is 7.36. The number of aromatic hydroxyl groups is 1. The van der Waals surface area contributed by atoms with E-state index in [1.54, 1.807) is 16.8 Å². The molecule has 1 unspecified atom stereocenters. The Labute approximate surface area is 159 Å². The second-order valence-electron chi connectivity index (χ2n) is 7.36. The average Bonchev–Trinajstić information content (AvgIpc) is 3.18. The minimum Gasteiger partial charge on any atom is -0.507 e. The largest absolute Gasteiger partial charge is 0.507 e. The van der Waals surface area contributed by atoms with E-state index in [2.05, 4.69) is 22.3 Å². The third-order valence-corrected chi connectivity index (χ3v) is 5.03. The maximum atomic E-state index is 12.9. The molecule has 0 bridgehead atoms. The molecule has 4 rings (SSSR count). The molecule has 2 N–H and O–H groups in total. The van der Waals surface area contributed by atoms with Crippen molar-refractivity contribution >= 4 is 12.4 Å². The lowest BCUT2D eigenvalue weighted by atomic mass is 10.0. The molecule has 3 heterocycles. The van der Waals surface area contributed by atoms with Crippen LogP contribution in [0.5, 0.6) is 5.75 Å². The van der Waals surface area contributed by atoms with Crippen LogP contribution in [0.2, 0.25) is 0 Å². The Morgan fingerprint density at radius 2 is 2.07 bits per heavy atom. The van der Waals surface area contributed by atoms with Gasteiger partial charge in [-0.1, -0.05) is 4.68 Å². The highest BCUT2D eigenvalue weighted by Gasteiger charge is 2.32. The molecule has 1 aromatic heterocycles. The summed E-state index contributed by atoms with van der Waals surface area (Å²) in [7, 11) is 0. The number of fused-ring (bicyclic) bond motifs is 1. The zero-order valence-corrected chi connectivity index (χ0v) is 15.5. The van der Waals surface area contributed by atoms with Crippen molar-refractivity contribution in [3.05, 3.63) is 46.1 Å². The van der Waals surface area contributed by atoms with Crippen molar-refractivity contribution in [3.8, 4) is 17.0 Å². The molecule has 1 aromatic carbocycles. The number of aryl methyl sites for hydroxylation is 1. The zero-order chi connectivity index (χ0) is 20.1. The Bertz CT molecular complexity index is 1070. The summed E-state index contributed by atoms with van der Waals surface area (Å²) in [5.74, 6) is -0.0684. The van der Waals surface area contributed by atoms with Crippen LogP contribution in [-0.2, 0) is 6.18 Å². The van der Waals surface area contributed by atoms with E-state index in [0.29, 0.717) is 28.7 Å². The molecule has 2 aromatic rings. The van der Waals surface area contributed by atoms with Crippen molar-refractivity contribution < 1.29 is 23.0 Å². The summed E-state index contributed by atoms with van der Waals surface area (Å²) in [5.41, 5.74) is 0.563. The van der Waals surface area contributed by atoms with Crippen LogP contribution in [0.15, 0.2) is 29.4 Å². The minimum atomic E-state index is -4.51. The molecule has 2 atom stereocenters. The van der Waals surface area contributed by atoms with Crippen molar-refractivity contribution in [1.29, 1.82) is 0 Å². The first-order valence-corrected chi connectivity index (χ1v) is 9.06. The lowest BCUT2D eigenvalue weighted by Crippen LogP contribution is -2.25. The number of halogens is 3. The Balaban J connectivity index is 1.71. The first kappa shape index (κ1) is 18.6. The van der Waals surface area contributed by atoms with Gasteiger partial charge in [0.05, 0.1) is 22.4 Å². The van der Waals surface area contributed by atoms with Crippen LogP contribution in [-0.4, -0.2) is 33.6 Å². The van der Waals surface area contributed by atoms with Gasteiger partial charge in [-0.3, -0.25) is 0 Å². The van der Waals surface area contributed by atoms with Crippen LogP contribution >= 0.6 is 0 Å². The van der Waals surface area contributed by atoms with Crippen LogP contribution in [0.3, 0.4) is 0 Å². The smallest absolute Gasteiger partial charge is 0.416 e. The monoisotopic (exact) mass is 389 g/mol. The fourth-order valence-corrected chi connectivity index (χ4v) is 3.70. The molecule has 0 saturated carbocycles. The average molecular weight is 389 g/mol. The second kappa shape index (κ2) is 6.70. The number of phenolic OH excluding ortho intramolecular Hbond substituents is 1. The van der Waals surface area contributed by atoms with Gasteiger partial charge in [0, 0.05) is 23.3 Å². The number of rotatable bonds is 2. The van der Waals surface area contributed by atoms with E-state index in [0.717, 1.165) is 30.3 Å². The van der Waals surface area contributed by atoms with Gasteiger partial charge >= 0.3 is 6.18 Å². The van der Waals surface area contributed by atoms with E-state index >= 15 is 0 Å². The molecular weight excluding hydrogens is 369 g/mol. The number of alkyl halides is 3. The van der Waals surface area contributed by atoms with E-state index in [1.165, 1.54) is 6.92 Å². The van der Waals surface area contributed by atoms with Crippen LogP contribution in [0.1, 0.15) is 24.5 Å². The predicted octanol–water partition coefficient (Wildman–Crippen LogP) is 2.15. The molecule has 5 nitrogen and oxygen atoms in total. The molecule has 146 valence electrons. The Hall–Kier alpha value is -2.74. The van der Waals surface area contributed by atoms with Crippen LogP contribution in [0.4, 0.5) is 13.2 Å². The molecule has 0 amide bonds. The van der Waals surface area contributed by atoms with Gasteiger partial charge in [0.15, 0.2) is 6.21 Å². The molecule has 2 aliphatic rings. The highest BCUT2D eigenvalue weighted by Crippen LogP contribution is 2.38. The third kappa shape index (κ3) is 3.52. The Morgan fingerprint density at radius 3 is 2.71 bits per heavy atom. The van der Waals surface area contributed by atoms with E-state index in [9.17, 15) is 18.3 Å². The van der Waals surface area contributed by atoms with Gasteiger partial charge in [0.25, 0.3) is 0 Å². The number of nitrogens with one attached hydrogen (secondary N) is 1. The van der Waals surface area contributed by atoms with Crippen LogP contribution < -0.4 is 16.0 Å². The van der Waals surface area contributed by atoms with Crippen molar-refractivity contribution in [2.24, 2.45) is 11.0 Å². The normalized spacial score (nSPS) is 22.8. The number of nitrogens with zero attached hydrogens (tertiary/aromatic N) is 3. The van der Waals surface area contributed by atoms with Gasteiger partial charge in [-0.2, -0.15) is 13.2 Å². The first-order valence-electron chi connectivity index (χ1n) is 9.06. The number of pyridine rings is 1. The summed E-state index contributed by atoms with van der Waals surface area (Å²) in [6.45, 7) is 4.56. The third-order valence-electron chi connectivity index (χ3n) is 5.03. The van der Waals surface area contributed by atoms with E-state index < -0.39 is 17.5 Å². The fraction of sp³-hybridized carbons (Fsp3) is 0.350. The lowest BCUT2D eigenvalue weighted by molar-refractivity contribution is -0.424. The van der Waals surface area contributed by atoms with Crippen molar-refractivity contribution in [1.82, 2.24) is 10.3 Å². The van der Waals surface area contributed by atoms with Gasteiger partial charge in [-0.05, 0) is 50.1 Å². The van der Waals surface area contributed by atoms with Crippen LogP contribution in [0.25, 0.3) is 17.5 Å². The molecule has 28 heavy (non-hydrogen) atoms. The van der Waals surface area contributed by atoms with E-state index in [-0.39, 0.29) is 5.56 Å². The molecular formula is C20H20F3N4O+. The van der Waals surface area contributed by atoms with Gasteiger partial charge in [-0.15, -0.1) is 0 Å².